The van der Waals surface area contributed by atoms with Gasteiger partial charge in [-0.2, -0.15) is 0 Å². The number of phenolic OH excluding ortho intramolecular Hbond substituents is 1. The molecule has 9 heteroatoms. The Labute approximate surface area is 233 Å². The normalized spacial score (nSPS) is 16.8. The number of aromatic hydroxyl groups is 1. The Balaban J connectivity index is 1.60. The van der Waals surface area contributed by atoms with E-state index in [4.69, 9.17) is 17.0 Å². The number of nitrogens with one attached hydrogen (secondary N) is 2. The van der Waals surface area contributed by atoms with Gasteiger partial charge in [0.05, 0.1) is 17.8 Å². The molecule has 1 saturated heterocycles. The van der Waals surface area contributed by atoms with Crippen LogP contribution in [0, 0.1) is 20.8 Å². The number of carbonyl (C=O) groups excluding carboxylic acids is 1. The maximum atomic E-state index is 12.1. The van der Waals surface area contributed by atoms with E-state index in [1.807, 2.05) is 55.5 Å². The molecule has 5 rings (SSSR count). The molecule has 1 aliphatic rings. The average Bonchev–Trinajstić information content (AvgIpc) is 3.41. The van der Waals surface area contributed by atoms with Crippen LogP contribution in [0.5, 0.6) is 5.75 Å². The van der Waals surface area contributed by atoms with Crippen molar-refractivity contribution in [3.63, 3.8) is 0 Å². The van der Waals surface area contributed by atoms with Crippen molar-refractivity contribution in [1.29, 1.82) is 0 Å². The van der Waals surface area contributed by atoms with E-state index in [1.54, 1.807) is 18.3 Å². The number of carbonyl (C=O) groups is 1. The molecule has 2 atom stereocenters. The van der Waals surface area contributed by atoms with Crippen LogP contribution in [0.1, 0.15) is 40.3 Å². The molecule has 3 N–H and O–H groups in total. The van der Waals surface area contributed by atoms with Crippen LogP contribution in [0.4, 0.5) is 11.4 Å². The van der Waals surface area contributed by atoms with Crippen molar-refractivity contribution < 1.29 is 14.6 Å². The van der Waals surface area contributed by atoms with Crippen LogP contribution >= 0.6 is 12.2 Å². The van der Waals surface area contributed by atoms with Gasteiger partial charge in [0.15, 0.2) is 5.11 Å². The molecule has 0 bridgehead atoms. The minimum atomic E-state index is -0.207. The molecule has 2 aromatic heterocycles. The van der Waals surface area contributed by atoms with E-state index >= 15 is 0 Å². The first-order valence-electron chi connectivity index (χ1n) is 12.7. The van der Waals surface area contributed by atoms with Gasteiger partial charge in [0, 0.05) is 41.8 Å². The Morgan fingerprint density at radius 1 is 1.08 bits per heavy atom. The molecule has 0 radical (unpaired) electrons. The highest BCUT2D eigenvalue weighted by molar-refractivity contribution is 7.80. The first kappa shape index (κ1) is 26.4. The molecule has 1 aliphatic heterocycles. The number of thiocarbonyl (C=S) groups is 1. The number of hydrogen-bond acceptors (Lipinski definition) is 5. The number of hydrogen-bond donors (Lipinski definition) is 3. The fraction of sp³-hybridized carbons (Fsp3) is 0.233. The Hall–Kier alpha value is -4.21. The van der Waals surface area contributed by atoms with E-state index < -0.39 is 0 Å². The Morgan fingerprint density at radius 3 is 2.49 bits per heavy atom. The summed E-state index contributed by atoms with van der Waals surface area (Å²) in [6.07, 6.45) is 1.79. The molecular formula is C30H31N5O3S. The van der Waals surface area contributed by atoms with Gasteiger partial charge in [-0.3, -0.25) is 9.78 Å². The third-order valence-corrected chi connectivity index (χ3v) is 7.35. The summed E-state index contributed by atoms with van der Waals surface area (Å²) in [4.78, 5) is 18.9. The van der Waals surface area contributed by atoms with Crippen LogP contribution in [0.3, 0.4) is 0 Å². The summed E-state index contributed by atoms with van der Waals surface area (Å²) < 4.78 is 7.13. The SMILES string of the molecule is COCC(=O)Nc1ccc(N2C(=S)NC(c3ccccn3)C2c2cc(C)n(-c3ccc(O)cc3)c2C)cc1C. The Bertz CT molecular complexity index is 1520. The number of pyridine rings is 1. The molecular weight excluding hydrogens is 510 g/mol. The van der Waals surface area contributed by atoms with Gasteiger partial charge in [-0.15, -0.1) is 0 Å². The summed E-state index contributed by atoms with van der Waals surface area (Å²) in [6.45, 7) is 6.13. The smallest absolute Gasteiger partial charge is 0.250 e. The summed E-state index contributed by atoms with van der Waals surface area (Å²) in [5.41, 5.74) is 7.65. The zero-order valence-corrected chi connectivity index (χ0v) is 23.1. The summed E-state index contributed by atoms with van der Waals surface area (Å²) in [7, 11) is 1.49. The van der Waals surface area contributed by atoms with Crippen LogP contribution in [-0.4, -0.2) is 39.4 Å². The van der Waals surface area contributed by atoms with Gasteiger partial charge in [-0.1, -0.05) is 6.07 Å². The van der Waals surface area contributed by atoms with Crippen molar-refractivity contribution in [2.75, 3.05) is 23.9 Å². The number of rotatable bonds is 7. The van der Waals surface area contributed by atoms with Crippen LogP contribution in [0.25, 0.3) is 5.69 Å². The quantitative estimate of drug-likeness (QED) is 0.275. The highest BCUT2D eigenvalue weighted by atomic mass is 32.1. The lowest BCUT2D eigenvalue weighted by Crippen LogP contribution is -2.29. The first-order chi connectivity index (χ1) is 18.8. The fourth-order valence-electron chi connectivity index (χ4n) is 5.29. The lowest BCUT2D eigenvalue weighted by atomic mass is 9.96. The summed E-state index contributed by atoms with van der Waals surface area (Å²) >= 11 is 5.91. The van der Waals surface area contributed by atoms with Crippen LogP contribution in [0.2, 0.25) is 0 Å². The molecule has 0 spiro atoms. The molecule has 4 aromatic rings. The lowest BCUT2D eigenvalue weighted by molar-refractivity contribution is -0.119. The number of ether oxygens (including phenoxy) is 1. The van der Waals surface area contributed by atoms with Crippen molar-refractivity contribution in [1.82, 2.24) is 14.9 Å². The number of methoxy groups -OCH3 is 1. The van der Waals surface area contributed by atoms with Crippen molar-refractivity contribution in [2.24, 2.45) is 0 Å². The maximum absolute atomic E-state index is 12.1. The second kappa shape index (κ2) is 10.9. The molecule has 3 heterocycles. The predicted molar refractivity (Wildman–Crippen MR) is 157 cm³/mol. The number of aryl methyl sites for hydroxylation is 2. The minimum absolute atomic E-state index is 0.00813. The van der Waals surface area contributed by atoms with E-state index in [0.717, 1.165) is 45.3 Å². The third kappa shape index (κ3) is 5.10. The molecule has 0 saturated carbocycles. The largest absolute Gasteiger partial charge is 0.508 e. The van der Waals surface area contributed by atoms with Crippen molar-refractivity contribution >= 4 is 34.6 Å². The van der Waals surface area contributed by atoms with Gasteiger partial charge < -0.3 is 29.9 Å². The van der Waals surface area contributed by atoms with Crippen molar-refractivity contribution in [3.05, 3.63) is 101 Å². The van der Waals surface area contributed by atoms with Crippen LogP contribution in [-0.2, 0) is 9.53 Å². The van der Waals surface area contributed by atoms with Gasteiger partial charge in [0.2, 0.25) is 5.91 Å². The Morgan fingerprint density at radius 2 is 1.82 bits per heavy atom. The number of nitrogens with zero attached hydrogens (tertiary/aromatic N) is 3. The third-order valence-electron chi connectivity index (χ3n) is 7.03. The minimum Gasteiger partial charge on any atom is -0.508 e. The van der Waals surface area contributed by atoms with Crippen molar-refractivity contribution in [3.8, 4) is 11.4 Å². The topological polar surface area (TPSA) is 91.7 Å². The zero-order valence-electron chi connectivity index (χ0n) is 22.3. The zero-order chi connectivity index (χ0) is 27.7. The molecule has 200 valence electrons. The molecule has 0 aliphatic carbocycles. The molecule has 1 fully saturated rings. The van der Waals surface area contributed by atoms with E-state index in [2.05, 4.69) is 45.0 Å². The molecule has 8 nitrogen and oxygen atoms in total. The lowest BCUT2D eigenvalue weighted by Gasteiger charge is -2.29. The fourth-order valence-corrected chi connectivity index (χ4v) is 5.64. The standard InChI is InChI=1S/C30H31N5O3S/c1-18-15-22(10-13-25(18)32-27(37)17-38-4)35-29(28(33-30(35)39)26-7-5-6-14-31-26)24-16-19(2)34(20(24)3)21-8-11-23(36)12-9-21/h5-16,28-29,36H,17H2,1-4H3,(H,32,37)(H,33,39). The number of amides is 1. The molecule has 1 amide bonds. The highest BCUT2D eigenvalue weighted by Gasteiger charge is 2.42. The van der Waals surface area contributed by atoms with Crippen LogP contribution in [0.15, 0.2) is 72.9 Å². The molecule has 2 aromatic carbocycles. The summed E-state index contributed by atoms with van der Waals surface area (Å²) in [5, 5.41) is 16.8. The van der Waals surface area contributed by atoms with Gasteiger partial charge in [-0.05, 0) is 105 Å². The number of phenols is 1. The second-order valence-corrected chi connectivity index (χ2v) is 10.0. The number of benzene rings is 2. The monoisotopic (exact) mass is 541 g/mol. The molecule has 2 unspecified atom stereocenters. The number of aromatic nitrogens is 2. The first-order valence-corrected chi connectivity index (χ1v) is 13.1. The van der Waals surface area contributed by atoms with E-state index in [1.165, 1.54) is 7.11 Å². The highest BCUT2D eigenvalue weighted by Crippen LogP contribution is 2.44. The Kier molecular flexibility index (Phi) is 7.36. The maximum Gasteiger partial charge on any atom is 0.250 e. The van der Waals surface area contributed by atoms with E-state index in [-0.39, 0.29) is 30.3 Å². The second-order valence-electron chi connectivity index (χ2n) is 9.66. The van der Waals surface area contributed by atoms with E-state index in [0.29, 0.717) is 5.11 Å². The van der Waals surface area contributed by atoms with Crippen LogP contribution < -0.4 is 15.5 Å². The molecule has 39 heavy (non-hydrogen) atoms. The number of anilines is 2. The van der Waals surface area contributed by atoms with Gasteiger partial charge in [0.1, 0.15) is 12.4 Å². The average molecular weight is 542 g/mol. The summed E-state index contributed by atoms with van der Waals surface area (Å²) in [6, 6.07) is 20.8. The van der Waals surface area contributed by atoms with Crippen molar-refractivity contribution in [2.45, 2.75) is 32.9 Å². The summed E-state index contributed by atoms with van der Waals surface area (Å²) in [5.74, 6) is 0.0202. The van der Waals surface area contributed by atoms with Gasteiger partial charge >= 0.3 is 0 Å². The van der Waals surface area contributed by atoms with E-state index in [9.17, 15) is 9.90 Å². The van der Waals surface area contributed by atoms with Gasteiger partial charge in [-0.25, -0.2) is 0 Å². The predicted octanol–water partition coefficient (Wildman–Crippen LogP) is 5.27. The van der Waals surface area contributed by atoms with Gasteiger partial charge in [0.25, 0.3) is 0 Å².